The fourth-order valence-electron chi connectivity index (χ4n) is 3.22. The van der Waals surface area contributed by atoms with Crippen molar-refractivity contribution in [1.29, 1.82) is 0 Å². The van der Waals surface area contributed by atoms with Gasteiger partial charge in [0.2, 0.25) is 0 Å². The summed E-state index contributed by atoms with van der Waals surface area (Å²) in [6.45, 7) is 0. The van der Waals surface area contributed by atoms with Crippen LogP contribution in [0.4, 0.5) is 10.1 Å². The summed E-state index contributed by atoms with van der Waals surface area (Å²) in [6.07, 6.45) is 6.15. The van der Waals surface area contributed by atoms with Crippen molar-refractivity contribution in [3.8, 4) is 0 Å². The molecule has 1 aliphatic carbocycles. The topological polar surface area (TPSA) is 25.2 Å². The van der Waals surface area contributed by atoms with Gasteiger partial charge in [-0.15, -0.1) is 0 Å². The summed E-state index contributed by atoms with van der Waals surface area (Å²) >= 11 is 0. The van der Waals surface area contributed by atoms with Crippen molar-refractivity contribution < 1.29 is 4.39 Å². The summed E-state index contributed by atoms with van der Waals surface area (Å²) in [7, 11) is 0. The molecular formula is C20H17FN2. The van der Waals surface area contributed by atoms with Crippen molar-refractivity contribution in [3.63, 3.8) is 0 Å². The average molecular weight is 304 g/mol. The van der Waals surface area contributed by atoms with Crippen LogP contribution in [-0.4, -0.2) is 11.2 Å². The SMILES string of the molecule is Fc1cccc(/C=N/c2c3c(nc4ccccc24)CCCC3)c1. The normalized spacial score (nSPS) is 14.3. The summed E-state index contributed by atoms with van der Waals surface area (Å²) in [6, 6.07) is 14.6. The van der Waals surface area contributed by atoms with Gasteiger partial charge in [-0.1, -0.05) is 30.3 Å². The van der Waals surface area contributed by atoms with Crippen LogP contribution in [0.25, 0.3) is 10.9 Å². The highest BCUT2D eigenvalue weighted by Gasteiger charge is 2.17. The molecule has 0 unspecified atom stereocenters. The molecule has 0 spiro atoms. The van der Waals surface area contributed by atoms with Gasteiger partial charge in [0.1, 0.15) is 5.82 Å². The quantitative estimate of drug-likeness (QED) is 0.611. The highest BCUT2D eigenvalue weighted by atomic mass is 19.1. The van der Waals surface area contributed by atoms with E-state index in [1.807, 2.05) is 24.3 Å². The van der Waals surface area contributed by atoms with Crippen LogP contribution in [-0.2, 0) is 12.8 Å². The number of benzene rings is 2. The zero-order valence-electron chi connectivity index (χ0n) is 12.8. The summed E-state index contributed by atoms with van der Waals surface area (Å²) < 4.78 is 13.3. The number of hydrogen-bond acceptors (Lipinski definition) is 2. The number of aryl methyl sites for hydroxylation is 1. The van der Waals surface area contributed by atoms with Gasteiger partial charge in [0, 0.05) is 17.3 Å². The van der Waals surface area contributed by atoms with Crippen molar-refractivity contribution in [2.45, 2.75) is 25.7 Å². The summed E-state index contributed by atoms with van der Waals surface area (Å²) in [5.74, 6) is -0.240. The van der Waals surface area contributed by atoms with Crippen molar-refractivity contribution in [1.82, 2.24) is 4.98 Å². The Morgan fingerprint density at radius 1 is 1.00 bits per heavy atom. The Morgan fingerprint density at radius 3 is 2.78 bits per heavy atom. The lowest BCUT2D eigenvalue weighted by atomic mass is 9.93. The van der Waals surface area contributed by atoms with Crippen LogP contribution >= 0.6 is 0 Å². The Balaban J connectivity index is 1.87. The van der Waals surface area contributed by atoms with E-state index in [9.17, 15) is 4.39 Å². The molecule has 0 saturated heterocycles. The number of halogens is 1. The third kappa shape index (κ3) is 2.74. The van der Waals surface area contributed by atoms with Gasteiger partial charge in [-0.05, 0) is 55.0 Å². The number of aromatic nitrogens is 1. The van der Waals surface area contributed by atoms with E-state index in [0.29, 0.717) is 0 Å². The number of nitrogens with zero attached hydrogens (tertiary/aromatic N) is 2. The van der Waals surface area contributed by atoms with Gasteiger partial charge >= 0.3 is 0 Å². The molecule has 23 heavy (non-hydrogen) atoms. The number of rotatable bonds is 2. The molecule has 1 heterocycles. The van der Waals surface area contributed by atoms with Gasteiger partial charge in [0.15, 0.2) is 0 Å². The van der Waals surface area contributed by atoms with Gasteiger partial charge in [-0.3, -0.25) is 9.98 Å². The molecule has 0 saturated carbocycles. The van der Waals surface area contributed by atoms with Gasteiger partial charge in [0.25, 0.3) is 0 Å². The summed E-state index contributed by atoms with van der Waals surface area (Å²) in [5.41, 5.74) is 5.17. The van der Waals surface area contributed by atoms with E-state index in [4.69, 9.17) is 9.98 Å². The van der Waals surface area contributed by atoms with Gasteiger partial charge in [0.05, 0.1) is 11.2 Å². The minimum atomic E-state index is -0.240. The first-order valence-corrected chi connectivity index (χ1v) is 8.01. The van der Waals surface area contributed by atoms with Crippen LogP contribution in [0.2, 0.25) is 0 Å². The molecule has 3 aromatic rings. The van der Waals surface area contributed by atoms with Gasteiger partial charge in [-0.25, -0.2) is 4.39 Å². The molecule has 3 heteroatoms. The lowest BCUT2D eigenvalue weighted by molar-refractivity contribution is 0.627. The monoisotopic (exact) mass is 304 g/mol. The molecule has 0 amide bonds. The number of para-hydroxylation sites is 1. The fraction of sp³-hybridized carbons (Fsp3) is 0.200. The molecule has 2 nitrogen and oxygen atoms in total. The highest BCUT2D eigenvalue weighted by Crippen LogP contribution is 2.35. The smallest absolute Gasteiger partial charge is 0.123 e. The first-order chi connectivity index (χ1) is 11.3. The zero-order valence-corrected chi connectivity index (χ0v) is 12.8. The van der Waals surface area contributed by atoms with Crippen LogP contribution in [0.1, 0.15) is 29.7 Å². The molecule has 2 aromatic carbocycles. The molecule has 0 bridgehead atoms. The Bertz CT molecular complexity index is 899. The van der Waals surface area contributed by atoms with Crippen LogP contribution < -0.4 is 0 Å². The second-order valence-corrected chi connectivity index (χ2v) is 5.92. The zero-order chi connectivity index (χ0) is 15.6. The molecule has 1 aromatic heterocycles. The van der Waals surface area contributed by atoms with E-state index < -0.39 is 0 Å². The summed E-state index contributed by atoms with van der Waals surface area (Å²) in [4.78, 5) is 9.54. The maximum atomic E-state index is 13.3. The number of aliphatic imine (C=N–C) groups is 1. The Morgan fingerprint density at radius 2 is 1.87 bits per heavy atom. The van der Waals surface area contributed by atoms with E-state index in [1.54, 1.807) is 12.3 Å². The van der Waals surface area contributed by atoms with Gasteiger partial charge < -0.3 is 0 Å². The third-order valence-corrected chi connectivity index (χ3v) is 4.33. The minimum Gasteiger partial charge on any atom is -0.255 e. The molecular weight excluding hydrogens is 287 g/mol. The molecule has 0 radical (unpaired) electrons. The molecule has 0 atom stereocenters. The maximum Gasteiger partial charge on any atom is 0.123 e. The minimum absolute atomic E-state index is 0.240. The Kier molecular flexibility index (Phi) is 3.62. The van der Waals surface area contributed by atoms with Crippen molar-refractivity contribution in [2.75, 3.05) is 0 Å². The van der Waals surface area contributed by atoms with Crippen LogP contribution in [0, 0.1) is 5.82 Å². The van der Waals surface area contributed by atoms with E-state index in [-0.39, 0.29) is 5.82 Å². The second kappa shape index (κ2) is 5.92. The highest BCUT2D eigenvalue weighted by molar-refractivity contribution is 5.95. The van der Waals surface area contributed by atoms with Crippen LogP contribution in [0.3, 0.4) is 0 Å². The fourth-order valence-corrected chi connectivity index (χ4v) is 3.22. The third-order valence-electron chi connectivity index (χ3n) is 4.33. The van der Waals surface area contributed by atoms with E-state index in [0.717, 1.165) is 35.0 Å². The molecule has 1 aliphatic rings. The molecule has 0 N–H and O–H groups in total. The van der Waals surface area contributed by atoms with E-state index >= 15 is 0 Å². The number of hydrogen-bond donors (Lipinski definition) is 0. The van der Waals surface area contributed by atoms with Crippen LogP contribution in [0.5, 0.6) is 0 Å². The Hall–Kier alpha value is -2.55. The second-order valence-electron chi connectivity index (χ2n) is 5.92. The lowest BCUT2D eigenvalue weighted by Gasteiger charge is -2.18. The first kappa shape index (κ1) is 14.1. The summed E-state index contributed by atoms with van der Waals surface area (Å²) in [5, 5.41) is 1.07. The maximum absolute atomic E-state index is 13.3. The Labute approximate surface area is 134 Å². The predicted molar refractivity (Wildman–Crippen MR) is 92.0 cm³/mol. The molecule has 0 aliphatic heterocycles. The number of pyridine rings is 1. The number of fused-ring (bicyclic) bond motifs is 2. The van der Waals surface area contributed by atoms with E-state index in [1.165, 1.54) is 36.2 Å². The molecule has 4 rings (SSSR count). The van der Waals surface area contributed by atoms with Crippen molar-refractivity contribution in [2.24, 2.45) is 4.99 Å². The van der Waals surface area contributed by atoms with Crippen molar-refractivity contribution >= 4 is 22.8 Å². The van der Waals surface area contributed by atoms with E-state index in [2.05, 4.69) is 6.07 Å². The van der Waals surface area contributed by atoms with Crippen molar-refractivity contribution in [3.05, 3.63) is 71.2 Å². The average Bonchev–Trinajstić information content (AvgIpc) is 2.58. The van der Waals surface area contributed by atoms with Gasteiger partial charge in [-0.2, -0.15) is 0 Å². The van der Waals surface area contributed by atoms with Crippen LogP contribution in [0.15, 0.2) is 53.5 Å². The lowest BCUT2D eigenvalue weighted by Crippen LogP contribution is -2.06. The predicted octanol–water partition coefficient (Wildman–Crippen LogP) is 5.00. The molecule has 0 fully saturated rings. The molecule has 114 valence electrons. The standard InChI is InChI=1S/C20H17FN2/c21-15-7-5-6-14(12-15)13-22-20-16-8-1-3-10-18(16)23-19-11-4-2-9-17(19)20/h1,3,5-8,10,12-13H,2,4,9,11H2/b22-13+. The first-order valence-electron chi connectivity index (χ1n) is 8.01. The largest absolute Gasteiger partial charge is 0.255 e.